The first-order chi connectivity index (χ1) is 8.80. The number of aryl methyl sites for hydroxylation is 1. The highest BCUT2D eigenvalue weighted by Crippen LogP contribution is 2.18. The summed E-state index contributed by atoms with van der Waals surface area (Å²) in [6, 6.07) is 5.08. The summed E-state index contributed by atoms with van der Waals surface area (Å²) in [7, 11) is 1.38. The van der Waals surface area contributed by atoms with Crippen molar-refractivity contribution in [3.8, 4) is 0 Å². The number of carbonyl (C=O) groups is 2. The molecule has 0 bridgehead atoms. The Morgan fingerprint density at radius 2 is 2.11 bits per heavy atom. The van der Waals surface area contributed by atoms with Crippen molar-refractivity contribution < 1.29 is 19.4 Å². The molecule has 0 fully saturated rings. The fourth-order valence-electron chi connectivity index (χ4n) is 1.50. The zero-order chi connectivity index (χ0) is 14.6. The summed E-state index contributed by atoms with van der Waals surface area (Å²) in [5.74, 6) is -1.60. The molecule has 1 rings (SSSR count). The zero-order valence-electron chi connectivity index (χ0n) is 11.0. The molecule has 1 atom stereocenters. The number of ether oxygens (including phenoxy) is 1. The van der Waals surface area contributed by atoms with E-state index in [9.17, 15) is 9.59 Å². The Morgan fingerprint density at radius 1 is 1.47 bits per heavy atom. The molecule has 0 spiro atoms. The number of hydrogen-bond acceptors (Lipinski definition) is 3. The number of carboxylic acids is 1. The van der Waals surface area contributed by atoms with Gasteiger partial charge >= 0.3 is 5.97 Å². The second-order valence-corrected chi connectivity index (χ2v) is 5.34. The fourth-order valence-corrected chi connectivity index (χ4v) is 1.88. The van der Waals surface area contributed by atoms with Crippen molar-refractivity contribution in [1.29, 1.82) is 0 Å². The lowest BCUT2D eigenvalue weighted by atomic mass is 10.0. The lowest BCUT2D eigenvalue weighted by Crippen LogP contribution is -2.55. The van der Waals surface area contributed by atoms with Crippen molar-refractivity contribution in [1.82, 2.24) is 5.32 Å². The van der Waals surface area contributed by atoms with Crippen LogP contribution in [0.2, 0.25) is 0 Å². The minimum Gasteiger partial charge on any atom is -0.479 e. The van der Waals surface area contributed by atoms with Crippen molar-refractivity contribution in [2.45, 2.75) is 19.4 Å². The number of halogens is 1. The van der Waals surface area contributed by atoms with Crippen LogP contribution in [0.25, 0.3) is 0 Å². The average Bonchev–Trinajstić information content (AvgIpc) is 2.32. The highest BCUT2D eigenvalue weighted by atomic mass is 79.9. The Kier molecular flexibility index (Phi) is 5.08. The maximum Gasteiger partial charge on any atom is 0.331 e. The smallest absolute Gasteiger partial charge is 0.331 e. The van der Waals surface area contributed by atoms with E-state index in [1.807, 2.05) is 6.92 Å². The minimum absolute atomic E-state index is 0.110. The summed E-state index contributed by atoms with van der Waals surface area (Å²) in [6.45, 7) is 3.19. The third-order valence-electron chi connectivity index (χ3n) is 2.73. The van der Waals surface area contributed by atoms with E-state index in [0.717, 1.165) is 10.0 Å². The average molecular weight is 330 g/mol. The molecule has 0 heterocycles. The molecule has 1 unspecified atom stereocenters. The summed E-state index contributed by atoms with van der Waals surface area (Å²) in [5.41, 5.74) is -0.0704. The van der Waals surface area contributed by atoms with Gasteiger partial charge in [0.05, 0.1) is 6.61 Å². The van der Waals surface area contributed by atoms with Crippen LogP contribution in [0.3, 0.4) is 0 Å². The first-order valence-electron chi connectivity index (χ1n) is 5.61. The molecule has 0 aromatic heterocycles. The number of amides is 1. The van der Waals surface area contributed by atoms with Crippen LogP contribution in [0.15, 0.2) is 22.7 Å². The molecule has 19 heavy (non-hydrogen) atoms. The number of hydrogen-bond donors (Lipinski definition) is 2. The van der Waals surface area contributed by atoms with Crippen molar-refractivity contribution in [3.63, 3.8) is 0 Å². The third kappa shape index (κ3) is 3.78. The molecule has 0 aliphatic carbocycles. The van der Waals surface area contributed by atoms with Crippen LogP contribution < -0.4 is 5.32 Å². The Labute approximate surface area is 120 Å². The van der Waals surface area contributed by atoms with Gasteiger partial charge in [0.1, 0.15) is 0 Å². The van der Waals surface area contributed by atoms with Crippen molar-refractivity contribution in [3.05, 3.63) is 33.8 Å². The number of carboxylic acid groups (broad SMARTS) is 1. The van der Waals surface area contributed by atoms with Crippen LogP contribution in [0.1, 0.15) is 22.8 Å². The van der Waals surface area contributed by atoms with E-state index >= 15 is 0 Å². The first kappa shape index (κ1) is 15.7. The summed E-state index contributed by atoms with van der Waals surface area (Å²) < 4.78 is 5.64. The minimum atomic E-state index is -1.46. The van der Waals surface area contributed by atoms with Crippen LogP contribution >= 0.6 is 15.9 Å². The molecule has 104 valence electrons. The molecule has 1 aromatic carbocycles. The largest absolute Gasteiger partial charge is 0.479 e. The van der Waals surface area contributed by atoms with Gasteiger partial charge in [0.2, 0.25) is 0 Å². The molecule has 5 nitrogen and oxygen atoms in total. The molecule has 0 saturated carbocycles. The highest BCUT2D eigenvalue weighted by molar-refractivity contribution is 9.10. The maximum atomic E-state index is 12.1. The predicted octanol–water partition coefficient (Wildman–Crippen LogP) is 1.98. The second kappa shape index (κ2) is 6.16. The highest BCUT2D eigenvalue weighted by Gasteiger charge is 2.35. The quantitative estimate of drug-likeness (QED) is 0.866. The van der Waals surface area contributed by atoms with Gasteiger partial charge in [-0.15, -0.1) is 0 Å². The van der Waals surface area contributed by atoms with Crippen LogP contribution in [-0.2, 0) is 9.53 Å². The normalized spacial score (nSPS) is 13.7. The van der Waals surface area contributed by atoms with Gasteiger partial charge < -0.3 is 15.2 Å². The predicted molar refractivity (Wildman–Crippen MR) is 74.3 cm³/mol. The summed E-state index contributed by atoms with van der Waals surface area (Å²) in [6.07, 6.45) is 0. The van der Waals surface area contributed by atoms with Crippen LogP contribution in [0.4, 0.5) is 0 Å². The number of rotatable bonds is 5. The van der Waals surface area contributed by atoms with Crippen LogP contribution in [0.5, 0.6) is 0 Å². The number of benzene rings is 1. The fraction of sp³-hybridized carbons (Fsp3) is 0.385. The van der Waals surface area contributed by atoms with Gasteiger partial charge in [0.15, 0.2) is 5.54 Å². The number of methoxy groups -OCH3 is 1. The lowest BCUT2D eigenvalue weighted by molar-refractivity contribution is -0.145. The van der Waals surface area contributed by atoms with E-state index in [2.05, 4.69) is 21.2 Å². The van der Waals surface area contributed by atoms with Crippen molar-refractivity contribution >= 4 is 27.8 Å². The number of aliphatic carboxylic acids is 1. The Balaban J connectivity index is 2.94. The number of nitrogens with one attached hydrogen (secondary N) is 1. The summed E-state index contributed by atoms with van der Waals surface area (Å²) in [5, 5.41) is 11.6. The molecule has 0 aliphatic heterocycles. The lowest BCUT2D eigenvalue weighted by Gasteiger charge is -2.25. The van der Waals surface area contributed by atoms with Gasteiger partial charge in [-0.2, -0.15) is 0 Å². The zero-order valence-corrected chi connectivity index (χ0v) is 12.6. The van der Waals surface area contributed by atoms with Crippen molar-refractivity contribution in [2.75, 3.05) is 13.7 Å². The third-order valence-corrected chi connectivity index (χ3v) is 3.58. The monoisotopic (exact) mass is 329 g/mol. The van der Waals surface area contributed by atoms with Gasteiger partial charge in [0.25, 0.3) is 5.91 Å². The van der Waals surface area contributed by atoms with E-state index in [1.54, 1.807) is 18.2 Å². The topological polar surface area (TPSA) is 75.6 Å². The summed E-state index contributed by atoms with van der Waals surface area (Å²) in [4.78, 5) is 23.2. The van der Waals surface area contributed by atoms with Crippen molar-refractivity contribution in [2.24, 2.45) is 0 Å². The molecule has 6 heteroatoms. The van der Waals surface area contributed by atoms with Gasteiger partial charge in [-0.25, -0.2) is 4.79 Å². The van der Waals surface area contributed by atoms with Crippen LogP contribution in [-0.4, -0.2) is 36.2 Å². The van der Waals surface area contributed by atoms with E-state index in [1.165, 1.54) is 14.0 Å². The van der Waals surface area contributed by atoms with Crippen LogP contribution in [0, 0.1) is 6.92 Å². The molecule has 0 radical (unpaired) electrons. The standard InChI is InChI=1S/C13H16BrNO4/c1-8-4-5-9(6-10(8)14)11(16)15-13(2,7-19-3)12(17)18/h4-6H,7H2,1-3H3,(H,15,16)(H,17,18). The molecule has 1 aromatic rings. The Hall–Kier alpha value is -1.40. The Bertz CT molecular complexity index is 503. The number of carbonyl (C=O) groups excluding carboxylic acids is 1. The molecular formula is C13H16BrNO4. The molecular weight excluding hydrogens is 314 g/mol. The van der Waals surface area contributed by atoms with E-state index in [-0.39, 0.29) is 6.61 Å². The Morgan fingerprint density at radius 3 is 2.58 bits per heavy atom. The maximum absolute atomic E-state index is 12.1. The molecule has 2 N–H and O–H groups in total. The van der Waals surface area contributed by atoms with E-state index in [0.29, 0.717) is 5.56 Å². The van der Waals surface area contributed by atoms with E-state index in [4.69, 9.17) is 9.84 Å². The van der Waals surface area contributed by atoms with Gasteiger partial charge in [-0.3, -0.25) is 4.79 Å². The second-order valence-electron chi connectivity index (χ2n) is 4.49. The first-order valence-corrected chi connectivity index (χ1v) is 6.40. The summed E-state index contributed by atoms with van der Waals surface area (Å²) >= 11 is 3.33. The molecule has 0 aliphatic rings. The van der Waals surface area contributed by atoms with Gasteiger partial charge in [-0.1, -0.05) is 22.0 Å². The molecule has 1 amide bonds. The molecule has 0 saturated heterocycles. The SMILES string of the molecule is COCC(C)(NC(=O)c1ccc(C)c(Br)c1)C(=O)O. The van der Waals surface area contributed by atoms with Gasteiger partial charge in [-0.05, 0) is 31.5 Å². The van der Waals surface area contributed by atoms with E-state index < -0.39 is 17.4 Å². The van der Waals surface area contributed by atoms with Gasteiger partial charge in [0, 0.05) is 17.1 Å².